The molecule has 1 saturated heterocycles. The molecule has 0 aromatic heterocycles. The summed E-state index contributed by atoms with van der Waals surface area (Å²) in [4.78, 5) is 0. The molecule has 3 nitrogen and oxygen atoms in total. The number of aliphatic hydroxyl groups excluding tert-OH is 1. The van der Waals surface area contributed by atoms with E-state index in [-0.39, 0.29) is 12.0 Å². The van der Waals surface area contributed by atoms with Crippen molar-refractivity contribution in [1.82, 2.24) is 0 Å². The molecule has 1 heterocycles. The van der Waals surface area contributed by atoms with E-state index in [1.54, 1.807) is 7.11 Å². The lowest BCUT2D eigenvalue weighted by Gasteiger charge is -2.36. The molecule has 70 valence electrons. The maximum absolute atomic E-state index is 9.36. The largest absolute Gasteiger partial charge is 0.396 e. The molecule has 0 amide bonds. The molecule has 0 bridgehead atoms. The van der Waals surface area contributed by atoms with Crippen LogP contribution in [0.2, 0.25) is 0 Å². The van der Waals surface area contributed by atoms with Crippen LogP contribution in [0.25, 0.3) is 0 Å². The quantitative estimate of drug-likeness (QED) is 0.673. The van der Waals surface area contributed by atoms with E-state index < -0.39 is 5.79 Å². The minimum absolute atomic E-state index is 0.0955. The summed E-state index contributed by atoms with van der Waals surface area (Å²) < 4.78 is 11.1. The molecule has 1 saturated carbocycles. The van der Waals surface area contributed by atoms with Gasteiger partial charge in [-0.15, -0.1) is 0 Å². The number of fused-ring (bicyclic) bond motifs is 1. The van der Waals surface area contributed by atoms with Crippen LogP contribution in [0, 0.1) is 5.41 Å². The van der Waals surface area contributed by atoms with Crippen molar-refractivity contribution in [3.63, 3.8) is 0 Å². The van der Waals surface area contributed by atoms with Gasteiger partial charge in [-0.05, 0) is 19.3 Å². The molecule has 2 fully saturated rings. The molecule has 2 atom stereocenters. The van der Waals surface area contributed by atoms with Crippen molar-refractivity contribution in [2.75, 3.05) is 20.3 Å². The standard InChI is InChI=1S/C9H16O3/c1-11-9-4-2-3-8(9,7-10)5-6-12-9/h10H,2-7H2,1H3. The maximum Gasteiger partial charge on any atom is 0.175 e. The smallest absolute Gasteiger partial charge is 0.175 e. The van der Waals surface area contributed by atoms with Crippen molar-refractivity contribution < 1.29 is 14.6 Å². The van der Waals surface area contributed by atoms with Crippen LogP contribution >= 0.6 is 0 Å². The molecule has 0 spiro atoms. The van der Waals surface area contributed by atoms with E-state index in [1.807, 2.05) is 0 Å². The van der Waals surface area contributed by atoms with Crippen molar-refractivity contribution in [1.29, 1.82) is 0 Å². The fourth-order valence-electron chi connectivity index (χ4n) is 2.72. The first-order chi connectivity index (χ1) is 5.79. The summed E-state index contributed by atoms with van der Waals surface area (Å²) in [5, 5.41) is 9.36. The van der Waals surface area contributed by atoms with Crippen molar-refractivity contribution in [3.8, 4) is 0 Å². The Morgan fingerprint density at radius 3 is 2.83 bits per heavy atom. The molecule has 0 aromatic carbocycles. The zero-order valence-electron chi connectivity index (χ0n) is 7.51. The molecule has 1 N–H and O–H groups in total. The fourth-order valence-corrected chi connectivity index (χ4v) is 2.72. The Labute approximate surface area is 72.7 Å². The SMILES string of the molecule is COC12CCCC1(CO)CCO2. The zero-order chi connectivity index (χ0) is 8.66. The molecular formula is C9H16O3. The Balaban J connectivity index is 2.29. The van der Waals surface area contributed by atoms with Gasteiger partial charge in [-0.2, -0.15) is 0 Å². The highest BCUT2D eigenvalue weighted by atomic mass is 16.7. The Kier molecular flexibility index (Phi) is 1.90. The Hall–Kier alpha value is -0.120. The first-order valence-electron chi connectivity index (χ1n) is 4.59. The summed E-state index contributed by atoms with van der Waals surface area (Å²) in [6, 6.07) is 0. The molecule has 0 aromatic rings. The minimum Gasteiger partial charge on any atom is -0.396 e. The molecule has 2 rings (SSSR count). The van der Waals surface area contributed by atoms with E-state index >= 15 is 0 Å². The highest BCUT2D eigenvalue weighted by Crippen LogP contribution is 2.55. The van der Waals surface area contributed by atoms with Crippen molar-refractivity contribution in [2.24, 2.45) is 5.41 Å². The topological polar surface area (TPSA) is 38.7 Å². The van der Waals surface area contributed by atoms with Crippen LogP contribution in [0.1, 0.15) is 25.7 Å². The lowest BCUT2D eigenvalue weighted by atomic mass is 9.81. The predicted molar refractivity (Wildman–Crippen MR) is 43.7 cm³/mol. The van der Waals surface area contributed by atoms with E-state index in [0.717, 1.165) is 32.3 Å². The first kappa shape index (κ1) is 8.48. The third kappa shape index (κ3) is 0.817. The third-order valence-corrected chi connectivity index (χ3v) is 3.52. The van der Waals surface area contributed by atoms with Crippen LogP contribution in [0.15, 0.2) is 0 Å². The molecule has 3 heteroatoms. The van der Waals surface area contributed by atoms with Gasteiger partial charge >= 0.3 is 0 Å². The molecular weight excluding hydrogens is 156 g/mol. The highest BCUT2D eigenvalue weighted by molar-refractivity contribution is 5.02. The highest BCUT2D eigenvalue weighted by Gasteiger charge is 2.59. The van der Waals surface area contributed by atoms with Gasteiger partial charge in [-0.3, -0.25) is 0 Å². The molecule has 1 aliphatic heterocycles. The molecule has 2 aliphatic rings. The van der Waals surface area contributed by atoms with E-state index in [4.69, 9.17) is 9.47 Å². The Morgan fingerprint density at radius 2 is 2.25 bits per heavy atom. The molecule has 12 heavy (non-hydrogen) atoms. The lowest BCUT2D eigenvalue weighted by molar-refractivity contribution is -0.238. The van der Waals surface area contributed by atoms with Gasteiger partial charge in [0, 0.05) is 18.9 Å². The van der Waals surface area contributed by atoms with Crippen LogP contribution in [0.4, 0.5) is 0 Å². The summed E-state index contributed by atoms with van der Waals surface area (Å²) in [6.07, 6.45) is 4.02. The van der Waals surface area contributed by atoms with Crippen LogP contribution in [-0.2, 0) is 9.47 Å². The summed E-state index contributed by atoms with van der Waals surface area (Å²) in [6.45, 7) is 0.926. The Morgan fingerprint density at radius 1 is 1.42 bits per heavy atom. The number of ether oxygens (including phenoxy) is 2. The second-order valence-corrected chi connectivity index (χ2v) is 3.85. The zero-order valence-corrected chi connectivity index (χ0v) is 7.51. The van der Waals surface area contributed by atoms with E-state index in [9.17, 15) is 5.11 Å². The van der Waals surface area contributed by atoms with Crippen LogP contribution in [-0.4, -0.2) is 31.2 Å². The van der Waals surface area contributed by atoms with Gasteiger partial charge in [0.2, 0.25) is 0 Å². The van der Waals surface area contributed by atoms with E-state index in [0.29, 0.717) is 0 Å². The van der Waals surface area contributed by atoms with Crippen molar-refractivity contribution >= 4 is 0 Å². The first-order valence-corrected chi connectivity index (χ1v) is 4.59. The predicted octanol–water partition coefficient (Wildman–Crippen LogP) is 0.912. The summed E-state index contributed by atoms with van der Waals surface area (Å²) >= 11 is 0. The monoisotopic (exact) mass is 172 g/mol. The maximum atomic E-state index is 9.36. The summed E-state index contributed by atoms with van der Waals surface area (Å²) in [5.41, 5.74) is -0.0955. The van der Waals surface area contributed by atoms with Gasteiger partial charge in [-0.1, -0.05) is 0 Å². The summed E-state index contributed by atoms with van der Waals surface area (Å²) in [7, 11) is 1.68. The van der Waals surface area contributed by atoms with E-state index in [2.05, 4.69) is 0 Å². The second-order valence-electron chi connectivity index (χ2n) is 3.85. The van der Waals surface area contributed by atoms with Gasteiger partial charge in [0.15, 0.2) is 5.79 Å². The number of aliphatic hydroxyl groups is 1. The minimum atomic E-state index is -0.457. The normalized spacial score (nSPS) is 46.5. The van der Waals surface area contributed by atoms with Gasteiger partial charge in [0.1, 0.15) is 0 Å². The Bertz CT molecular complexity index is 151. The van der Waals surface area contributed by atoms with Crippen molar-refractivity contribution in [2.45, 2.75) is 31.5 Å². The van der Waals surface area contributed by atoms with Crippen molar-refractivity contribution in [3.05, 3.63) is 0 Å². The van der Waals surface area contributed by atoms with Gasteiger partial charge in [-0.25, -0.2) is 0 Å². The fraction of sp³-hybridized carbons (Fsp3) is 1.00. The molecule has 2 unspecified atom stereocenters. The number of rotatable bonds is 2. The average Bonchev–Trinajstić information content (AvgIpc) is 2.58. The van der Waals surface area contributed by atoms with Gasteiger partial charge in [0.05, 0.1) is 13.2 Å². The lowest BCUT2D eigenvalue weighted by Crippen LogP contribution is -2.44. The molecule has 0 radical (unpaired) electrons. The number of hydrogen-bond donors (Lipinski definition) is 1. The number of hydrogen-bond acceptors (Lipinski definition) is 3. The second kappa shape index (κ2) is 2.69. The van der Waals surface area contributed by atoms with Gasteiger partial charge in [0.25, 0.3) is 0 Å². The van der Waals surface area contributed by atoms with Crippen LogP contribution in [0.3, 0.4) is 0 Å². The third-order valence-electron chi connectivity index (χ3n) is 3.52. The molecule has 1 aliphatic carbocycles. The number of methoxy groups -OCH3 is 1. The van der Waals surface area contributed by atoms with Crippen LogP contribution < -0.4 is 0 Å². The van der Waals surface area contributed by atoms with Crippen LogP contribution in [0.5, 0.6) is 0 Å². The average molecular weight is 172 g/mol. The van der Waals surface area contributed by atoms with Gasteiger partial charge < -0.3 is 14.6 Å². The van der Waals surface area contributed by atoms with E-state index in [1.165, 1.54) is 0 Å². The summed E-state index contributed by atoms with van der Waals surface area (Å²) in [5.74, 6) is -0.457.